The number of hydrogen-bond acceptors (Lipinski definition) is 3. The maximum Gasteiger partial charge on any atom is 0.332 e. The smallest absolute Gasteiger partial charge is 0.332 e. The van der Waals surface area contributed by atoms with Gasteiger partial charge in [0.1, 0.15) is 0 Å². The first-order valence-corrected chi connectivity index (χ1v) is 6.51. The zero-order chi connectivity index (χ0) is 13.7. The van der Waals surface area contributed by atoms with Gasteiger partial charge in [-0.2, -0.15) is 0 Å². The first-order chi connectivity index (χ1) is 8.41. The third-order valence-corrected chi connectivity index (χ3v) is 3.74. The molecule has 0 saturated heterocycles. The molecular weight excluding hydrogens is 372 g/mol. The fourth-order valence-electron chi connectivity index (χ4n) is 1.19. The monoisotopic (exact) mass is 383 g/mol. The minimum absolute atomic E-state index is 0.0425. The number of rotatable bonds is 5. The summed E-state index contributed by atoms with van der Waals surface area (Å²) in [5.74, 6) is -1.66. The second-order valence-electron chi connectivity index (χ2n) is 3.53. The van der Waals surface area contributed by atoms with Gasteiger partial charge in [0.15, 0.2) is 6.10 Å². The molecule has 0 saturated carbocycles. The van der Waals surface area contributed by atoms with Crippen molar-refractivity contribution in [2.75, 3.05) is 6.54 Å². The van der Waals surface area contributed by atoms with E-state index in [1.807, 2.05) is 22.6 Å². The SMILES string of the molecule is O=C(NCC[C@H](O)C(=O)O)c1ccc(I)c(Cl)c1. The first kappa shape index (κ1) is 15.2. The van der Waals surface area contributed by atoms with Crippen molar-refractivity contribution in [1.82, 2.24) is 5.32 Å². The molecule has 1 rings (SSSR count). The minimum Gasteiger partial charge on any atom is -0.479 e. The second kappa shape index (κ2) is 6.91. The number of benzene rings is 1. The normalized spacial score (nSPS) is 11.9. The molecule has 98 valence electrons. The highest BCUT2D eigenvalue weighted by atomic mass is 127. The number of aliphatic hydroxyl groups is 1. The molecule has 0 aliphatic carbocycles. The highest BCUT2D eigenvalue weighted by Crippen LogP contribution is 2.19. The van der Waals surface area contributed by atoms with Crippen molar-refractivity contribution < 1.29 is 19.8 Å². The number of carboxylic acids is 1. The molecule has 1 atom stereocenters. The van der Waals surface area contributed by atoms with Crippen molar-refractivity contribution in [2.45, 2.75) is 12.5 Å². The van der Waals surface area contributed by atoms with E-state index in [0.29, 0.717) is 10.6 Å². The van der Waals surface area contributed by atoms with Crippen LogP contribution in [0.25, 0.3) is 0 Å². The predicted octanol–water partition coefficient (Wildman–Crippen LogP) is 1.51. The Morgan fingerprint density at radius 3 is 2.67 bits per heavy atom. The summed E-state index contributed by atoms with van der Waals surface area (Å²) in [5, 5.41) is 20.5. The fourth-order valence-corrected chi connectivity index (χ4v) is 1.70. The lowest BCUT2D eigenvalue weighted by molar-refractivity contribution is -0.146. The number of nitrogens with one attached hydrogen (secondary N) is 1. The molecule has 1 aromatic carbocycles. The van der Waals surface area contributed by atoms with Gasteiger partial charge in [-0.25, -0.2) is 4.79 Å². The largest absolute Gasteiger partial charge is 0.479 e. The van der Waals surface area contributed by atoms with E-state index in [-0.39, 0.29) is 18.9 Å². The van der Waals surface area contributed by atoms with Gasteiger partial charge in [-0.3, -0.25) is 4.79 Å². The van der Waals surface area contributed by atoms with Gasteiger partial charge in [0.2, 0.25) is 0 Å². The maximum absolute atomic E-state index is 11.7. The van der Waals surface area contributed by atoms with Gasteiger partial charge in [-0.1, -0.05) is 11.6 Å². The average Bonchev–Trinajstić information content (AvgIpc) is 2.32. The Kier molecular flexibility index (Phi) is 5.83. The summed E-state index contributed by atoms with van der Waals surface area (Å²) in [7, 11) is 0. The van der Waals surface area contributed by atoms with Crippen molar-refractivity contribution in [2.24, 2.45) is 0 Å². The summed E-state index contributed by atoms with van der Waals surface area (Å²) in [6.07, 6.45) is -1.51. The van der Waals surface area contributed by atoms with E-state index in [1.165, 1.54) is 6.07 Å². The van der Waals surface area contributed by atoms with Crippen LogP contribution in [-0.2, 0) is 4.79 Å². The lowest BCUT2D eigenvalue weighted by atomic mass is 10.2. The highest BCUT2D eigenvalue weighted by Gasteiger charge is 2.13. The van der Waals surface area contributed by atoms with Gasteiger partial charge in [0.25, 0.3) is 5.91 Å². The Morgan fingerprint density at radius 2 is 2.11 bits per heavy atom. The summed E-state index contributed by atoms with van der Waals surface area (Å²) < 4.78 is 0.840. The van der Waals surface area contributed by atoms with Crippen LogP contribution in [0.3, 0.4) is 0 Å². The van der Waals surface area contributed by atoms with Gasteiger partial charge in [-0.15, -0.1) is 0 Å². The molecule has 0 radical (unpaired) electrons. The zero-order valence-corrected chi connectivity index (χ0v) is 12.1. The first-order valence-electron chi connectivity index (χ1n) is 5.06. The van der Waals surface area contributed by atoms with Gasteiger partial charge in [0, 0.05) is 22.1 Å². The molecule has 1 aromatic rings. The standard InChI is InChI=1S/C11H11ClINO4/c12-7-5-6(1-2-8(7)13)10(16)14-4-3-9(15)11(17)18/h1-2,5,9,15H,3-4H2,(H,14,16)(H,17,18)/t9-/m0/s1. The summed E-state index contributed by atoms with van der Waals surface area (Å²) >= 11 is 7.93. The van der Waals surface area contributed by atoms with Crippen molar-refractivity contribution in [3.8, 4) is 0 Å². The number of carbonyl (C=O) groups is 2. The fraction of sp³-hybridized carbons (Fsp3) is 0.273. The maximum atomic E-state index is 11.7. The van der Waals surface area contributed by atoms with Crippen molar-refractivity contribution in [3.63, 3.8) is 0 Å². The van der Waals surface area contributed by atoms with Crippen LogP contribution in [0.15, 0.2) is 18.2 Å². The lowest BCUT2D eigenvalue weighted by Crippen LogP contribution is -2.30. The molecule has 5 nitrogen and oxygen atoms in total. The second-order valence-corrected chi connectivity index (χ2v) is 5.10. The van der Waals surface area contributed by atoms with E-state index in [2.05, 4.69) is 5.32 Å². The molecule has 0 aliphatic rings. The molecule has 7 heteroatoms. The highest BCUT2D eigenvalue weighted by molar-refractivity contribution is 14.1. The molecule has 0 bridgehead atoms. The summed E-state index contributed by atoms with van der Waals surface area (Å²) in [5.41, 5.74) is 0.394. The average molecular weight is 384 g/mol. The predicted molar refractivity (Wildman–Crippen MR) is 74.8 cm³/mol. The van der Waals surface area contributed by atoms with E-state index >= 15 is 0 Å². The molecule has 0 unspecified atom stereocenters. The molecule has 18 heavy (non-hydrogen) atoms. The van der Waals surface area contributed by atoms with Crippen LogP contribution < -0.4 is 5.32 Å². The minimum atomic E-state index is -1.47. The van der Waals surface area contributed by atoms with Crippen LogP contribution in [0.2, 0.25) is 5.02 Å². The molecule has 0 heterocycles. The van der Waals surface area contributed by atoms with Gasteiger partial charge >= 0.3 is 5.97 Å². The van der Waals surface area contributed by atoms with Gasteiger partial charge in [-0.05, 0) is 40.8 Å². The van der Waals surface area contributed by atoms with Crippen LogP contribution in [-0.4, -0.2) is 34.7 Å². The van der Waals surface area contributed by atoms with Gasteiger partial charge < -0.3 is 15.5 Å². The topological polar surface area (TPSA) is 86.6 Å². The van der Waals surface area contributed by atoms with E-state index in [4.69, 9.17) is 21.8 Å². The van der Waals surface area contributed by atoms with Gasteiger partial charge in [0.05, 0.1) is 5.02 Å². The Balaban J connectivity index is 2.50. The molecule has 1 amide bonds. The number of amides is 1. The van der Waals surface area contributed by atoms with E-state index in [1.54, 1.807) is 12.1 Å². The Morgan fingerprint density at radius 1 is 1.44 bits per heavy atom. The quantitative estimate of drug-likeness (QED) is 0.673. The summed E-state index contributed by atoms with van der Waals surface area (Å²) in [6.45, 7) is 0.0793. The lowest BCUT2D eigenvalue weighted by Gasteiger charge is -2.08. The van der Waals surface area contributed by atoms with Crippen LogP contribution in [0.1, 0.15) is 16.8 Å². The third-order valence-electron chi connectivity index (χ3n) is 2.17. The molecule has 3 N–H and O–H groups in total. The van der Waals surface area contributed by atoms with Crippen LogP contribution >= 0.6 is 34.2 Å². The Hall–Kier alpha value is -0.860. The summed E-state index contributed by atoms with van der Waals surface area (Å²) in [4.78, 5) is 22.0. The number of aliphatic carboxylic acids is 1. The number of carbonyl (C=O) groups excluding carboxylic acids is 1. The molecule has 0 aliphatic heterocycles. The number of hydrogen-bond donors (Lipinski definition) is 3. The van der Waals surface area contributed by atoms with Crippen molar-refractivity contribution in [3.05, 3.63) is 32.4 Å². The number of halogens is 2. The van der Waals surface area contributed by atoms with Crippen molar-refractivity contribution in [1.29, 1.82) is 0 Å². The Labute approximate surface area is 122 Å². The summed E-state index contributed by atoms with van der Waals surface area (Å²) in [6, 6.07) is 4.87. The molecular formula is C11H11ClINO4. The van der Waals surface area contributed by atoms with E-state index in [9.17, 15) is 9.59 Å². The zero-order valence-electron chi connectivity index (χ0n) is 9.19. The molecule has 0 spiro atoms. The molecule has 0 fully saturated rings. The third kappa shape index (κ3) is 4.43. The van der Waals surface area contributed by atoms with Crippen molar-refractivity contribution >= 4 is 46.1 Å². The number of carboxylic acid groups (broad SMARTS) is 1. The van der Waals surface area contributed by atoms with Crippen LogP contribution in [0, 0.1) is 3.57 Å². The number of aliphatic hydroxyl groups excluding tert-OH is 1. The van der Waals surface area contributed by atoms with Crippen LogP contribution in [0.4, 0.5) is 0 Å². The van der Waals surface area contributed by atoms with E-state index in [0.717, 1.165) is 3.57 Å². The Bertz CT molecular complexity index is 466. The van der Waals surface area contributed by atoms with E-state index < -0.39 is 12.1 Å². The van der Waals surface area contributed by atoms with Crippen LogP contribution in [0.5, 0.6) is 0 Å². The molecule has 0 aromatic heterocycles.